The largest absolute Gasteiger partial charge is 0.458 e. The highest BCUT2D eigenvalue weighted by Crippen LogP contribution is 2.33. The third kappa shape index (κ3) is 12.3. The van der Waals surface area contributed by atoms with E-state index in [0.29, 0.717) is 24.2 Å². The van der Waals surface area contributed by atoms with Crippen LogP contribution in [0.25, 0.3) is 0 Å². The Morgan fingerprint density at radius 3 is 1.83 bits per heavy atom. The number of nitrogens with one attached hydrogen (secondary N) is 2. The van der Waals surface area contributed by atoms with Crippen molar-refractivity contribution in [3.8, 4) is 0 Å². The molecule has 3 atom stereocenters. The zero-order chi connectivity index (χ0) is 34.7. The molecule has 0 bridgehead atoms. The zero-order valence-corrected chi connectivity index (χ0v) is 30.0. The zero-order valence-electron chi connectivity index (χ0n) is 29.1. The van der Waals surface area contributed by atoms with Gasteiger partial charge < -0.3 is 25.0 Å². The summed E-state index contributed by atoms with van der Waals surface area (Å²) in [4.78, 5) is 57.2. The number of hydrogen-bond donors (Lipinski definition) is 2. The first kappa shape index (κ1) is 38.7. The molecule has 0 radical (unpaired) electrons. The van der Waals surface area contributed by atoms with Gasteiger partial charge in [-0.1, -0.05) is 67.6 Å². The molecule has 0 aliphatic heterocycles. The van der Waals surface area contributed by atoms with Crippen LogP contribution in [-0.4, -0.2) is 69.6 Å². The average molecular weight is 656 g/mol. The van der Waals surface area contributed by atoms with Gasteiger partial charge in [-0.3, -0.25) is 9.59 Å². The number of thioether (sulfide) groups is 1. The molecule has 0 aliphatic rings. The number of esters is 1. The van der Waals surface area contributed by atoms with E-state index in [1.54, 1.807) is 82.5 Å². The van der Waals surface area contributed by atoms with Gasteiger partial charge in [-0.25, -0.2) is 9.59 Å². The second-order valence-corrected chi connectivity index (χ2v) is 14.9. The van der Waals surface area contributed by atoms with Gasteiger partial charge in [0.05, 0.1) is 0 Å². The highest BCUT2D eigenvalue weighted by Gasteiger charge is 2.44. The first-order chi connectivity index (χ1) is 21.4. The summed E-state index contributed by atoms with van der Waals surface area (Å²) in [5, 5.41) is 5.72. The quantitative estimate of drug-likeness (QED) is 0.225. The maximum atomic E-state index is 14.6. The molecule has 0 spiro atoms. The predicted molar refractivity (Wildman–Crippen MR) is 184 cm³/mol. The number of amides is 3. The fraction of sp³-hybridized carbons (Fsp3) is 0.556. The van der Waals surface area contributed by atoms with Crippen LogP contribution >= 0.6 is 11.8 Å². The number of carbonyl (C=O) groups is 4. The smallest absolute Gasteiger partial charge is 0.408 e. The molecule has 46 heavy (non-hydrogen) atoms. The minimum Gasteiger partial charge on any atom is -0.458 e. The molecule has 0 fully saturated rings. The second kappa shape index (κ2) is 16.9. The molecule has 2 aromatic rings. The normalized spacial score (nSPS) is 14.0. The lowest BCUT2D eigenvalue weighted by Gasteiger charge is -2.45. The van der Waals surface area contributed by atoms with E-state index in [1.165, 1.54) is 0 Å². The standard InChI is InChI=1S/C36H53N3O6S/c1-11-36(8,9)39(31(41)27(22-23-46-10)38-33(43)45-35(5,6)7)29(26-20-16-13-17-21-26)30(40)37-28(32(42)44-34(2,3)4)24-25-18-14-12-15-19-25/h12-21,27-29H,11,22-24H2,1-10H3,(H,37,40)(H,38,43). The van der Waals surface area contributed by atoms with Gasteiger partial charge >= 0.3 is 12.1 Å². The van der Waals surface area contributed by atoms with Crippen molar-refractivity contribution in [2.75, 3.05) is 12.0 Å². The Kier molecular flexibility index (Phi) is 14.2. The molecule has 9 nitrogen and oxygen atoms in total. The summed E-state index contributed by atoms with van der Waals surface area (Å²) in [6, 6.07) is 15.3. The number of carbonyl (C=O) groups excluding carboxylic acids is 4. The average Bonchev–Trinajstić information content (AvgIpc) is 2.96. The van der Waals surface area contributed by atoms with Gasteiger partial charge in [0.25, 0.3) is 0 Å². The summed E-state index contributed by atoms with van der Waals surface area (Å²) in [5.41, 5.74) is -0.960. The summed E-state index contributed by atoms with van der Waals surface area (Å²) < 4.78 is 11.2. The van der Waals surface area contributed by atoms with E-state index in [9.17, 15) is 19.2 Å². The highest BCUT2D eigenvalue weighted by molar-refractivity contribution is 7.98. The lowest BCUT2D eigenvalue weighted by molar-refractivity contribution is -0.159. The lowest BCUT2D eigenvalue weighted by atomic mass is 9.91. The molecule has 0 aliphatic carbocycles. The van der Waals surface area contributed by atoms with Crippen LogP contribution in [-0.2, 0) is 30.3 Å². The van der Waals surface area contributed by atoms with Crippen molar-refractivity contribution in [2.24, 2.45) is 0 Å². The topological polar surface area (TPSA) is 114 Å². The second-order valence-electron chi connectivity index (χ2n) is 14.0. The van der Waals surface area contributed by atoms with Gasteiger partial charge in [-0.05, 0) is 91.4 Å². The van der Waals surface area contributed by atoms with Crippen LogP contribution in [0, 0.1) is 0 Å². The van der Waals surface area contributed by atoms with Gasteiger partial charge in [0.2, 0.25) is 11.8 Å². The van der Waals surface area contributed by atoms with Gasteiger partial charge in [0.1, 0.15) is 29.3 Å². The van der Waals surface area contributed by atoms with Crippen LogP contribution < -0.4 is 10.6 Å². The van der Waals surface area contributed by atoms with E-state index in [2.05, 4.69) is 10.6 Å². The lowest BCUT2D eigenvalue weighted by Crippen LogP contribution is -2.60. The van der Waals surface area contributed by atoms with Crippen LogP contribution in [0.1, 0.15) is 92.3 Å². The fourth-order valence-corrected chi connectivity index (χ4v) is 5.25. The first-order valence-corrected chi connectivity index (χ1v) is 17.2. The Morgan fingerprint density at radius 1 is 0.783 bits per heavy atom. The number of benzene rings is 2. The Morgan fingerprint density at radius 2 is 1.33 bits per heavy atom. The molecule has 2 N–H and O–H groups in total. The Labute approximate surface area is 279 Å². The van der Waals surface area contributed by atoms with E-state index in [0.717, 1.165) is 5.56 Å². The Balaban J connectivity index is 2.64. The van der Waals surface area contributed by atoms with E-state index >= 15 is 0 Å². The van der Waals surface area contributed by atoms with Crippen LogP contribution in [0.3, 0.4) is 0 Å². The molecule has 0 saturated heterocycles. The van der Waals surface area contributed by atoms with Crippen molar-refractivity contribution in [2.45, 2.75) is 116 Å². The van der Waals surface area contributed by atoms with Gasteiger partial charge in [-0.2, -0.15) is 11.8 Å². The van der Waals surface area contributed by atoms with Crippen molar-refractivity contribution in [1.29, 1.82) is 0 Å². The molecule has 0 heterocycles. The van der Waals surface area contributed by atoms with Crippen molar-refractivity contribution in [3.63, 3.8) is 0 Å². The molecule has 3 unspecified atom stereocenters. The van der Waals surface area contributed by atoms with Crippen molar-refractivity contribution >= 4 is 35.6 Å². The Hall–Kier alpha value is -3.53. The van der Waals surface area contributed by atoms with Gasteiger partial charge in [0.15, 0.2) is 0 Å². The molecule has 2 aromatic carbocycles. The fourth-order valence-electron chi connectivity index (χ4n) is 4.78. The minimum absolute atomic E-state index is 0.199. The number of hydrogen-bond acceptors (Lipinski definition) is 7. The molecule has 10 heteroatoms. The Bertz CT molecular complexity index is 1290. The molecule has 0 aromatic heterocycles. The summed E-state index contributed by atoms with van der Waals surface area (Å²) >= 11 is 1.55. The van der Waals surface area contributed by atoms with Crippen LogP contribution in [0.5, 0.6) is 0 Å². The van der Waals surface area contributed by atoms with Crippen molar-refractivity contribution < 1.29 is 28.7 Å². The molecule has 3 amide bonds. The van der Waals surface area contributed by atoms with E-state index < -0.39 is 58.7 Å². The summed E-state index contributed by atoms with van der Waals surface area (Å²) in [6.07, 6.45) is 2.25. The monoisotopic (exact) mass is 655 g/mol. The molecule has 254 valence electrons. The highest BCUT2D eigenvalue weighted by atomic mass is 32.2. The van der Waals surface area contributed by atoms with Gasteiger partial charge in [-0.15, -0.1) is 0 Å². The molecule has 2 rings (SSSR count). The summed E-state index contributed by atoms with van der Waals surface area (Å²) in [6.45, 7) is 16.3. The molecular formula is C36H53N3O6S. The maximum Gasteiger partial charge on any atom is 0.408 e. The van der Waals surface area contributed by atoms with Gasteiger partial charge in [0, 0.05) is 12.0 Å². The molecular weight excluding hydrogens is 602 g/mol. The van der Waals surface area contributed by atoms with E-state index in [-0.39, 0.29) is 6.42 Å². The van der Waals surface area contributed by atoms with Crippen LogP contribution in [0.2, 0.25) is 0 Å². The number of ether oxygens (including phenoxy) is 2. The first-order valence-electron chi connectivity index (χ1n) is 15.8. The summed E-state index contributed by atoms with van der Waals surface area (Å²) in [5.74, 6) is -0.943. The maximum absolute atomic E-state index is 14.6. The molecule has 0 saturated carbocycles. The van der Waals surface area contributed by atoms with Crippen LogP contribution in [0.15, 0.2) is 60.7 Å². The number of rotatable bonds is 14. The minimum atomic E-state index is -1.12. The van der Waals surface area contributed by atoms with Crippen LogP contribution in [0.4, 0.5) is 4.79 Å². The SMILES string of the molecule is CCC(C)(C)N(C(=O)C(CCSC)NC(=O)OC(C)(C)C)C(C(=O)NC(Cc1ccccc1)C(=O)OC(C)(C)C)c1ccccc1. The van der Waals surface area contributed by atoms with Crippen molar-refractivity contribution in [1.82, 2.24) is 15.5 Å². The van der Waals surface area contributed by atoms with Crippen molar-refractivity contribution in [3.05, 3.63) is 71.8 Å². The number of alkyl carbamates (subject to hydrolysis) is 1. The third-order valence-corrected chi connectivity index (χ3v) is 7.91. The van der Waals surface area contributed by atoms with E-state index in [1.807, 2.05) is 63.4 Å². The van der Waals surface area contributed by atoms with E-state index in [4.69, 9.17) is 9.47 Å². The number of nitrogens with zero attached hydrogens (tertiary/aromatic N) is 1. The predicted octanol–water partition coefficient (Wildman–Crippen LogP) is 6.46. The summed E-state index contributed by atoms with van der Waals surface area (Å²) in [7, 11) is 0. The third-order valence-electron chi connectivity index (χ3n) is 7.27.